The number of rotatable bonds is 4. The molecule has 1 aliphatic rings. The van der Waals surface area contributed by atoms with Crippen molar-refractivity contribution in [2.75, 3.05) is 5.32 Å². The number of benzene rings is 1. The standard InChI is InChI=1S/C16H16F4N4/c17-12-4-2-11(3-5-12)15(6-1-7-15)24-14-22-9-10(8-21)13(23-14)16(18,19)20/h2-5,9H,1,6-8,21H2,(H,22,23,24). The minimum atomic E-state index is -4.60. The van der Waals surface area contributed by atoms with Gasteiger partial charge in [0.15, 0.2) is 5.69 Å². The number of nitrogens with one attached hydrogen (secondary N) is 1. The monoisotopic (exact) mass is 340 g/mol. The number of halogens is 4. The van der Waals surface area contributed by atoms with Gasteiger partial charge in [0, 0.05) is 18.3 Å². The molecule has 2 aromatic rings. The number of hydrogen-bond acceptors (Lipinski definition) is 4. The van der Waals surface area contributed by atoms with E-state index in [9.17, 15) is 17.6 Å². The molecule has 1 heterocycles. The van der Waals surface area contributed by atoms with Gasteiger partial charge in [-0.3, -0.25) is 0 Å². The highest BCUT2D eigenvalue weighted by Crippen LogP contribution is 2.44. The maximum Gasteiger partial charge on any atom is 0.433 e. The van der Waals surface area contributed by atoms with E-state index in [1.54, 1.807) is 12.1 Å². The Hall–Kier alpha value is -2.22. The molecular weight excluding hydrogens is 324 g/mol. The van der Waals surface area contributed by atoms with E-state index in [1.807, 2.05) is 0 Å². The molecule has 1 aliphatic carbocycles. The minimum Gasteiger partial charge on any atom is -0.345 e. The van der Waals surface area contributed by atoms with E-state index in [2.05, 4.69) is 15.3 Å². The highest BCUT2D eigenvalue weighted by Gasteiger charge is 2.41. The Bertz CT molecular complexity index is 724. The van der Waals surface area contributed by atoms with Crippen LogP contribution in [0.15, 0.2) is 30.5 Å². The molecular formula is C16H16F4N4. The first-order valence-electron chi connectivity index (χ1n) is 7.51. The van der Waals surface area contributed by atoms with Crippen LogP contribution in [-0.4, -0.2) is 9.97 Å². The third kappa shape index (κ3) is 3.06. The molecule has 0 bridgehead atoms. The number of alkyl halides is 3. The van der Waals surface area contributed by atoms with Gasteiger partial charge in [0.25, 0.3) is 0 Å². The Kier molecular flexibility index (Phi) is 4.16. The molecule has 0 atom stereocenters. The summed E-state index contributed by atoms with van der Waals surface area (Å²) in [7, 11) is 0. The van der Waals surface area contributed by atoms with Crippen molar-refractivity contribution in [2.24, 2.45) is 5.73 Å². The first-order chi connectivity index (χ1) is 11.3. The molecule has 4 nitrogen and oxygen atoms in total. The lowest BCUT2D eigenvalue weighted by Gasteiger charge is -2.43. The molecule has 0 spiro atoms. The van der Waals surface area contributed by atoms with Crippen molar-refractivity contribution < 1.29 is 17.6 Å². The highest BCUT2D eigenvalue weighted by molar-refractivity contribution is 5.41. The lowest BCUT2D eigenvalue weighted by molar-refractivity contribution is -0.141. The van der Waals surface area contributed by atoms with Gasteiger partial charge in [0.1, 0.15) is 5.82 Å². The third-order valence-corrected chi connectivity index (χ3v) is 4.31. The van der Waals surface area contributed by atoms with Crippen LogP contribution in [0.25, 0.3) is 0 Å². The maximum absolute atomic E-state index is 13.1. The van der Waals surface area contributed by atoms with E-state index in [4.69, 9.17) is 5.73 Å². The van der Waals surface area contributed by atoms with Gasteiger partial charge in [-0.05, 0) is 37.0 Å². The molecule has 0 aliphatic heterocycles. The molecule has 0 saturated heterocycles. The molecule has 0 unspecified atom stereocenters. The normalized spacial score (nSPS) is 16.5. The van der Waals surface area contributed by atoms with Gasteiger partial charge in [-0.15, -0.1) is 0 Å². The first kappa shape index (κ1) is 16.6. The second-order valence-electron chi connectivity index (χ2n) is 5.84. The zero-order valence-electron chi connectivity index (χ0n) is 12.7. The van der Waals surface area contributed by atoms with Gasteiger partial charge >= 0.3 is 6.18 Å². The predicted octanol–water partition coefficient (Wildman–Crippen LogP) is 3.58. The van der Waals surface area contributed by atoms with E-state index in [0.717, 1.165) is 18.2 Å². The summed E-state index contributed by atoms with van der Waals surface area (Å²) >= 11 is 0. The largest absolute Gasteiger partial charge is 0.433 e. The topological polar surface area (TPSA) is 63.8 Å². The van der Waals surface area contributed by atoms with Crippen LogP contribution < -0.4 is 11.1 Å². The van der Waals surface area contributed by atoms with Crippen LogP contribution in [0.4, 0.5) is 23.5 Å². The van der Waals surface area contributed by atoms with E-state index >= 15 is 0 Å². The van der Waals surface area contributed by atoms with Crippen LogP contribution >= 0.6 is 0 Å². The van der Waals surface area contributed by atoms with Crippen LogP contribution in [0, 0.1) is 5.82 Å². The maximum atomic E-state index is 13.1. The van der Waals surface area contributed by atoms with E-state index in [-0.39, 0.29) is 23.9 Å². The second kappa shape index (κ2) is 6.01. The molecule has 3 N–H and O–H groups in total. The van der Waals surface area contributed by atoms with Crippen LogP contribution in [0.5, 0.6) is 0 Å². The van der Waals surface area contributed by atoms with E-state index in [0.29, 0.717) is 12.8 Å². The molecule has 128 valence electrons. The van der Waals surface area contributed by atoms with Crippen molar-refractivity contribution in [3.8, 4) is 0 Å². The van der Waals surface area contributed by atoms with Gasteiger partial charge in [-0.1, -0.05) is 12.1 Å². The van der Waals surface area contributed by atoms with Crippen molar-refractivity contribution in [2.45, 2.75) is 37.5 Å². The summed E-state index contributed by atoms with van der Waals surface area (Å²) in [4.78, 5) is 7.58. The Balaban J connectivity index is 1.93. The summed E-state index contributed by atoms with van der Waals surface area (Å²) in [5.41, 5.74) is 4.38. The Morgan fingerprint density at radius 3 is 2.33 bits per heavy atom. The van der Waals surface area contributed by atoms with Crippen LogP contribution in [-0.2, 0) is 18.3 Å². The Morgan fingerprint density at radius 1 is 1.17 bits per heavy atom. The van der Waals surface area contributed by atoms with Gasteiger partial charge in [-0.2, -0.15) is 13.2 Å². The number of nitrogens with two attached hydrogens (primary N) is 1. The molecule has 24 heavy (non-hydrogen) atoms. The average molecular weight is 340 g/mol. The van der Waals surface area contributed by atoms with Crippen LogP contribution in [0.2, 0.25) is 0 Å². The fourth-order valence-corrected chi connectivity index (χ4v) is 2.86. The molecule has 1 fully saturated rings. The fourth-order valence-electron chi connectivity index (χ4n) is 2.86. The molecule has 0 radical (unpaired) electrons. The number of anilines is 1. The summed E-state index contributed by atoms with van der Waals surface area (Å²) < 4.78 is 52.4. The fraction of sp³-hybridized carbons (Fsp3) is 0.375. The SMILES string of the molecule is NCc1cnc(NC2(c3ccc(F)cc3)CCC2)nc1C(F)(F)F. The summed E-state index contributed by atoms with van der Waals surface area (Å²) in [5, 5.41) is 3.01. The third-order valence-electron chi connectivity index (χ3n) is 4.31. The number of hydrogen-bond donors (Lipinski definition) is 2. The summed E-state index contributed by atoms with van der Waals surface area (Å²) in [6.45, 7) is -0.293. The molecule has 3 rings (SSSR count). The zero-order chi connectivity index (χ0) is 17.4. The number of nitrogens with zero attached hydrogens (tertiary/aromatic N) is 2. The van der Waals surface area contributed by atoms with Crippen LogP contribution in [0.3, 0.4) is 0 Å². The second-order valence-corrected chi connectivity index (χ2v) is 5.84. The van der Waals surface area contributed by atoms with E-state index < -0.39 is 17.4 Å². The van der Waals surface area contributed by atoms with Crippen molar-refractivity contribution in [3.05, 3.63) is 53.1 Å². The molecule has 0 amide bonds. The van der Waals surface area contributed by atoms with Gasteiger partial charge in [-0.25, -0.2) is 14.4 Å². The average Bonchev–Trinajstić information content (AvgIpc) is 2.51. The van der Waals surface area contributed by atoms with Crippen molar-refractivity contribution in [3.63, 3.8) is 0 Å². The molecule has 1 saturated carbocycles. The molecule has 1 aromatic heterocycles. The molecule has 1 aromatic carbocycles. The van der Waals surface area contributed by atoms with Gasteiger partial charge < -0.3 is 11.1 Å². The predicted molar refractivity (Wildman–Crippen MR) is 80.5 cm³/mol. The molecule has 8 heteroatoms. The Morgan fingerprint density at radius 2 is 1.83 bits per heavy atom. The minimum absolute atomic E-state index is 0.108. The Labute approximate surface area is 136 Å². The lowest BCUT2D eigenvalue weighted by atomic mass is 9.72. The van der Waals surface area contributed by atoms with Gasteiger partial charge in [0.05, 0.1) is 5.54 Å². The highest BCUT2D eigenvalue weighted by atomic mass is 19.4. The van der Waals surface area contributed by atoms with Crippen molar-refractivity contribution in [1.29, 1.82) is 0 Å². The van der Waals surface area contributed by atoms with E-state index in [1.165, 1.54) is 12.1 Å². The zero-order valence-corrected chi connectivity index (χ0v) is 12.7. The van der Waals surface area contributed by atoms with Crippen molar-refractivity contribution >= 4 is 5.95 Å². The van der Waals surface area contributed by atoms with Gasteiger partial charge in [0.2, 0.25) is 5.95 Å². The summed E-state index contributed by atoms with van der Waals surface area (Å²) in [6.07, 6.45) is -1.17. The summed E-state index contributed by atoms with van der Waals surface area (Å²) in [6, 6.07) is 5.91. The van der Waals surface area contributed by atoms with Crippen LogP contribution in [0.1, 0.15) is 36.1 Å². The lowest BCUT2D eigenvalue weighted by Crippen LogP contribution is -2.42. The summed E-state index contributed by atoms with van der Waals surface area (Å²) in [5.74, 6) is -0.473. The van der Waals surface area contributed by atoms with Crippen molar-refractivity contribution in [1.82, 2.24) is 9.97 Å². The smallest absolute Gasteiger partial charge is 0.345 e. The number of aromatic nitrogens is 2. The first-order valence-corrected chi connectivity index (χ1v) is 7.51. The quantitative estimate of drug-likeness (QED) is 0.835.